The van der Waals surface area contributed by atoms with Crippen molar-refractivity contribution in [3.8, 4) is 11.6 Å². The van der Waals surface area contributed by atoms with Crippen LogP contribution in [-0.4, -0.2) is 39.9 Å². The molecule has 8 nitrogen and oxygen atoms in total. The van der Waals surface area contributed by atoms with Gasteiger partial charge >= 0.3 is 0 Å². The number of rotatable bonds is 7. The van der Waals surface area contributed by atoms with Crippen LogP contribution in [0.15, 0.2) is 29.8 Å². The van der Waals surface area contributed by atoms with Gasteiger partial charge in [0.15, 0.2) is 18.2 Å². The van der Waals surface area contributed by atoms with Crippen LogP contribution in [0, 0.1) is 12.8 Å². The lowest BCUT2D eigenvalue weighted by molar-refractivity contribution is -0.124. The van der Waals surface area contributed by atoms with Gasteiger partial charge < -0.3 is 19.9 Å². The number of carbonyl (C=O) groups excluding carboxylic acids is 1. The second-order valence-electron chi connectivity index (χ2n) is 5.64. The molecule has 2 aromatic heterocycles. The van der Waals surface area contributed by atoms with Crippen molar-refractivity contribution in [2.75, 3.05) is 13.7 Å². The standard InChI is InChI=1S/C16H19N5O3/c1-10-7-21(9-18-10)13-6-5-12(19-16(13)23-2)15(17)20-24-8-14(22)11-3-4-11/h5-7,9,11H,3-4,8H2,1-2H3,(H2,17,20). The molecular formula is C16H19N5O3. The Morgan fingerprint density at radius 1 is 1.46 bits per heavy atom. The van der Waals surface area contributed by atoms with Crippen molar-refractivity contribution in [1.29, 1.82) is 0 Å². The topological polar surface area (TPSA) is 105 Å². The van der Waals surface area contributed by atoms with Gasteiger partial charge in [-0.15, -0.1) is 0 Å². The molecule has 1 saturated carbocycles. The van der Waals surface area contributed by atoms with Crippen molar-refractivity contribution in [2.24, 2.45) is 16.8 Å². The third-order valence-electron chi connectivity index (χ3n) is 3.69. The Morgan fingerprint density at radius 3 is 2.88 bits per heavy atom. The maximum Gasteiger partial charge on any atom is 0.238 e. The first kappa shape index (κ1) is 16.0. The van der Waals surface area contributed by atoms with Gasteiger partial charge in [-0.2, -0.15) is 0 Å². The molecule has 0 unspecified atom stereocenters. The summed E-state index contributed by atoms with van der Waals surface area (Å²) >= 11 is 0. The number of methoxy groups -OCH3 is 1. The number of nitrogens with two attached hydrogens (primary N) is 1. The SMILES string of the molecule is COc1nc(/C(N)=N/OCC(=O)C2CC2)ccc1-n1cnc(C)c1. The maximum atomic E-state index is 11.5. The molecule has 3 rings (SSSR count). The zero-order valence-corrected chi connectivity index (χ0v) is 13.6. The average Bonchev–Trinajstić information content (AvgIpc) is 3.35. The molecule has 1 aliphatic rings. The van der Waals surface area contributed by atoms with Gasteiger partial charge in [0.1, 0.15) is 11.4 Å². The molecule has 0 bridgehead atoms. The summed E-state index contributed by atoms with van der Waals surface area (Å²) in [6.07, 6.45) is 5.42. The predicted molar refractivity (Wildman–Crippen MR) is 87.1 cm³/mol. The summed E-state index contributed by atoms with van der Waals surface area (Å²) in [5, 5.41) is 3.76. The van der Waals surface area contributed by atoms with E-state index in [2.05, 4.69) is 15.1 Å². The van der Waals surface area contributed by atoms with Crippen molar-refractivity contribution in [3.63, 3.8) is 0 Å². The zero-order valence-electron chi connectivity index (χ0n) is 13.6. The highest BCUT2D eigenvalue weighted by atomic mass is 16.6. The number of Topliss-reactive ketones (excluding diaryl/α,β-unsaturated/α-hetero) is 1. The molecule has 0 saturated heterocycles. The number of hydrogen-bond acceptors (Lipinski definition) is 6. The second kappa shape index (κ2) is 6.69. The van der Waals surface area contributed by atoms with E-state index in [4.69, 9.17) is 15.3 Å². The summed E-state index contributed by atoms with van der Waals surface area (Å²) in [6, 6.07) is 3.51. The van der Waals surface area contributed by atoms with Gasteiger partial charge in [-0.05, 0) is 31.9 Å². The molecule has 126 valence electrons. The molecule has 8 heteroatoms. The second-order valence-corrected chi connectivity index (χ2v) is 5.64. The molecule has 24 heavy (non-hydrogen) atoms. The highest BCUT2D eigenvalue weighted by Gasteiger charge is 2.29. The Hall–Kier alpha value is -2.90. The number of carbonyl (C=O) groups is 1. The van der Waals surface area contributed by atoms with Crippen LogP contribution in [0.2, 0.25) is 0 Å². The van der Waals surface area contributed by atoms with E-state index in [-0.39, 0.29) is 24.1 Å². The normalized spacial score (nSPS) is 14.5. The van der Waals surface area contributed by atoms with E-state index in [0.29, 0.717) is 11.6 Å². The number of aryl methyl sites for hydroxylation is 1. The Bertz CT molecular complexity index is 780. The molecule has 0 aromatic carbocycles. The monoisotopic (exact) mass is 329 g/mol. The molecule has 0 amide bonds. The summed E-state index contributed by atoms with van der Waals surface area (Å²) in [4.78, 5) is 25.1. The van der Waals surface area contributed by atoms with Gasteiger partial charge in [-0.3, -0.25) is 4.79 Å². The Labute approximate surface area is 139 Å². The molecule has 0 spiro atoms. The average molecular weight is 329 g/mol. The fourth-order valence-electron chi connectivity index (χ4n) is 2.21. The van der Waals surface area contributed by atoms with Crippen LogP contribution >= 0.6 is 0 Å². The van der Waals surface area contributed by atoms with Crippen LogP contribution in [-0.2, 0) is 9.63 Å². The van der Waals surface area contributed by atoms with Crippen molar-refractivity contribution in [2.45, 2.75) is 19.8 Å². The van der Waals surface area contributed by atoms with E-state index < -0.39 is 0 Å². The van der Waals surface area contributed by atoms with Gasteiger partial charge in [-0.25, -0.2) is 9.97 Å². The lowest BCUT2D eigenvalue weighted by atomic mass is 10.3. The summed E-state index contributed by atoms with van der Waals surface area (Å²) in [6.45, 7) is 1.84. The Morgan fingerprint density at radius 2 is 2.25 bits per heavy atom. The van der Waals surface area contributed by atoms with Crippen LogP contribution in [0.5, 0.6) is 5.88 Å². The number of aromatic nitrogens is 3. The van der Waals surface area contributed by atoms with Gasteiger partial charge in [0.25, 0.3) is 0 Å². The van der Waals surface area contributed by atoms with E-state index in [1.165, 1.54) is 7.11 Å². The van der Waals surface area contributed by atoms with Gasteiger partial charge in [0.2, 0.25) is 5.88 Å². The smallest absolute Gasteiger partial charge is 0.238 e. The van der Waals surface area contributed by atoms with Gasteiger partial charge in [-0.1, -0.05) is 5.16 Å². The number of amidine groups is 1. The molecular weight excluding hydrogens is 310 g/mol. The van der Waals surface area contributed by atoms with E-state index in [0.717, 1.165) is 24.2 Å². The van der Waals surface area contributed by atoms with E-state index >= 15 is 0 Å². The number of ketones is 1. The largest absolute Gasteiger partial charge is 0.479 e. The molecule has 0 radical (unpaired) electrons. The van der Waals surface area contributed by atoms with Crippen LogP contribution < -0.4 is 10.5 Å². The predicted octanol–water partition coefficient (Wildman–Crippen LogP) is 1.20. The van der Waals surface area contributed by atoms with Crippen molar-refractivity contribution in [1.82, 2.24) is 14.5 Å². The first-order valence-electron chi connectivity index (χ1n) is 7.63. The van der Waals surface area contributed by atoms with Crippen LogP contribution in [0.1, 0.15) is 24.2 Å². The summed E-state index contributed by atoms with van der Waals surface area (Å²) < 4.78 is 7.13. The van der Waals surface area contributed by atoms with Gasteiger partial charge in [0, 0.05) is 12.1 Å². The van der Waals surface area contributed by atoms with Crippen LogP contribution in [0.3, 0.4) is 0 Å². The highest BCUT2D eigenvalue weighted by molar-refractivity contribution is 5.95. The number of nitrogens with zero attached hydrogens (tertiary/aromatic N) is 4. The van der Waals surface area contributed by atoms with E-state index in [1.807, 2.05) is 17.7 Å². The number of imidazole rings is 1. The quantitative estimate of drug-likeness (QED) is 0.465. The number of ether oxygens (including phenoxy) is 1. The summed E-state index contributed by atoms with van der Waals surface area (Å²) in [7, 11) is 1.53. The Kier molecular flexibility index (Phi) is 4.45. The maximum absolute atomic E-state index is 11.5. The summed E-state index contributed by atoms with van der Waals surface area (Å²) in [5.74, 6) is 0.669. The first-order valence-corrected chi connectivity index (χ1v) is 7.63. The Balaban J connectivity index is 1.74. The molecule has 2 aromatic rings. The minimum Gasteiger partial charge on any atom is -0.479 e. The lowest BCUT2D eigenvalue weighted by Gasteiger charge is -2.09. The molecule has 2 N–H and O–H groups in total. The molecule has 0 aliphatic heterocycles. The summed E-state index contributed by atoms with van der Waals surface area (Å²) in [5.41, 5.74) is 7.90. The molecule has 2 heterocycles. The lowest BCUT2D eigenvalue weighted by Crippen LogP contribution is -2.18. The van der Waals surface area contributed by atoms with Crippen LogP contribution in [0.4, 0.5) is 0 Å². The minimum absolute atomic E-state index is 0.0583. The zero-order chi connectivity index (χ0) is 17.1. The number of oxime groups is 1. The number of pyridine rings is 1. The molecule has 0 atom stereocenters. The fraction of sp³-hybridized carbons (Fsp3) is 0.375. The molecule has 1 fully saturated rings. The van der Waals surface area contributed by atoms with Crippen molar-refractivity contribution < 1.29 is 14.4 Å². The third-order valence-corrected chi connectivity index (χ3v) is 3.69. The van der Waals surface area contributed by atoms with Crippen LogP contribution in [0.25, 0.3) is 5.69 Å². The highest BCUT2D eigenvalue weighted by Crippen LogP contribution is 2.29. The van der Waals surface area contributed by atoms with Gasteiger partial charge in [0.05, 0.1) is 19.1 Å². The first-order chi connectivity index (χ1) is 11.6. The third kappa shape index (κ3) is 3.53. The van der Waals surface area contributed by atoms with E-state index in [1.54, 1.807) is 18.5 Å². The fourth-order valence-corrected chi connectivity index (χ4v) is 2.21. The van der Waals surface area contributed by atoms with Crippen molar-refractivity contribution in [3.05, 3.63) is 36.0 Å². The molecule has 1 aliphatic carbocycles. The number of hydrogen-bond donors (Lipinski definition) is 1. The van der Waals surface area contributed by atoms with E-state index in [9.17, 15) is 4.79 Å². The minimum atomic E-state index is -0.0606. The van der Waals surface area contributed by atoms with Crippen molar-refractivity contribution >= 4 is 11.6 Å².